The van der Waals surface area contributed by atoms with Crippen molar-refractivity contribution >= 4 is 12.1 Å². The van der Waals surface area contributed by atoms with Crippen molar-refractivity contribution in [3.05, 3.63) is 60.2 Å². The molecule has 21 heavy (non-hydrogen) atoms. The molecule has 0 saturated heterocycles. The third-order valence-corrected chi connectivity index (χ3v) is 2.44. The van der Waals surface area contributed by atoms with Crippen molar-refractivity contribution in [2.24, 2.45) is 0 Å². The molecule has 0 saturated carbocycles. The lowest BCUT2D eigenvalue weighted by Gasteiger charge is -2.09. The van der Waals surface area contributed by atoms with E-state index in [-0.39, 0.29) is 11.3 Å². The number of aliphatic hydroxyl groups excluding tert-OH is 1. The summed E-state index contributed by atoms with van der Waals surface area (Å²) in [4.78, 5) is 23.3. The van der Waals surface area contributed by atoms with Crippen LogP contribution in [0.4, 0.5) is 4.79 Å². The number of para-hydroxylation sites is 2. The van der Waals surface area contributed by atoms with E-state index in [2.05, 4.69) is 4.74 Å². The van der Waals surface area contributed by atoms with Crippen LogP contribution in [0.3, 0.4) is 0 Å². The molecule has 1 N–H and O–H groups in total. The van der Waals surface area contributed by atoms with Gasteiger partial charge in [-0.25, -0.2) is 9.59 Å². The molecule has 0 aliphatic carbocycles. The minimum atomic E-state index is -1.11. The summed E-state index contributed by atoms with van der Waals surface area (Å²) >= 11 is 0. The van der Waals surface area contributed by atoms with Crippen LogP contribution < -0.4 is 9.47 Å². The first-order valence-corrected chi connectivity index (χ1v) is 6.02. The largest absolute Gasteiger partial charge is 0.515 e. The first-order chi connectivity index (χ1) is 10.2. The topological polar surface area (TPSA) is 82.1 Å². The van der Waals surface area contributed by atoms with Crippen molar-refractivity contribution in [2.75, 3.05) is 6.79 Å². The van der Waals surface area contributed by atoms with E-state index in [1.54, 1.807) is 42.5 Å². The number of carbonyl (C=O) groups is 2. The zero-order valence-electron chi connectivity index (χ0n) is 10.9. The van der Waals surface area contributed by atoms with E-state index in [1.807, 2.05) is 0 Å². The third kappa shape index (κ3) is 4.05. The fourth-order valence-corrected chi connectivity index (χ4v) is 1.55. The maximum absolute atomic E-state index is 12.1. The van der Waals surface area contributed by atoms with Crippen LogP contribution in [0.5, 0.6) is 11.5 Å². The van der Waals surface area contributed by atoms with Crippen molar-refractivity contribution < 1.29 is 28.9 Å². The van der Waals surface area contributed by atoms with Crippen LogP contribution in [-0.2, 0) is 4.74 Å². The van der Waals surface area contributed by atoms with Crippen LogP contribution in [0.15, 0.2) is 54.6 Å². The van der Waals surface area contributed by atoms with Crippen molar-refractivity contribution in [3.63, 3.8) is 0 Å². The minimum Gasteiger partial charge on any atom is -0.423 e. The summed E-state index contributed by atoms with van der Waals surface area (Å²) in [6.07, 6.45) is -1.11. The summed E-state index contributed by atoms with van der Waals surface area (Å²) in [5.74, 6) is -0.319. The Bertz CT molecular complexity index is 623. The molecule has 0 atom stereocenters. The quantitative estimate of drug-likeness (QED) is 0.402. The normalized spacial score (nSPS) is 9.76. The fraction of sp³-hybridized carbons (Fsp3) is 0.0667. The van der Waals surface area contributed by atoms with Crippen LogP contribution in [-0.4, -0.2) is 24.0 Å². The van der Waals surface area contributed by atoms with Gasteiger partial charge in [0.25, 0.3) is 0 Å². The average Bonchev–Trinajstić information content (AvgIpc) is 2.49. The number of hydrogen-bond donors (Lipinski definition) is 1. The van der Waals surface area contributed by atoms with Gasteiger partial charge < -0.3 is 19.3 Å². The summed E-state index contributed by atoms with van der Waals surface area (Å²) in [7, 11) is 0. The highest BCUT2D eigenvalue weighted by Crippen LogP contribution is 2.21. The van der Waals surface area contributed by atoms with Gasteiger partial charge in [0, 0.05) is 0 Å². The Balaban J connectivity index is 2.15. The molecule has 108 valence electrons. The summed E-state index contributed by atoms with van der Waals surface area (Å²) in [6, 6.07) is 14.6. The van der Waals surface area contributed by atoms with Gasteiger partial charge in [0.05, 0.1) is 0 Å². The second-order valence-corrected chi connectivity index (χ2v) is 3.82. The second kappa shape index (κ2) is 7.06. The highest BCUT2D eigenvalue weighted by Gasteiger charge is 2.17. The summed E-state index contributed by atoms with van der Waals surface area (Å²) in [6.45, 7) is -0.810. The molecule has 0 spiro atoms. The number of benzene rings is 2. The summed E-state index contributed by atoms with van der Waals surface area (Å²) in [5.41, 5.74) is 0.0660. The molecular formula is C15H12O6. The fourth-order valence-electron chi connectivity index (χ4n) is 1.55. The standard InChI is InChI=1S/C15H12O6/c16-10-19-15(18)21-13-9-5-4-8-12(13)14(17)20-11-6-2-1-3-7-11/h1-9,16H,10H2. The zero-order chi connectivity index (χ0) is 15.1. The highest BCUT2D eigenvalue weighted by molar-refractivity contribution is 5.94. The van der Waals surface area contributed by atoms with Gasteiger partial charge in [0.15, 0.2) is 6.79 Å². The number of rotatable bonds is 4. The van der Waals surface area contributed by atoms with Gasteiger partial charge in [-0.15, -0.1) is 0 Å². The Morgan fingerprint density at radius 1 is 0.905 bits per heavy atom. The maximum atomic E-state index is 12.1. The number of ether oxygens (including phenoxy) is 3. The van der Waals surface area contributed by atoms with Gasteiger partial charge >= 0.3 is 12.1 Å². The van der Waals surface area contributed by atoms with Crippen molar-refractivity contribution in [1.82, 2.24) is 0 Å². The average molecular weight is 288 g/mol. The second-order valence-electron chi connectivity index (χ2n) is 3.82. The molecule has 6 heteroatoms. The first kappa shape index (κ1) is 14.5. The molecule has 2 aromatic rings. The van der Waals surface area contributed by atoms with Gasteiger partial charge in [0.2, 0.25) is 0 Å². The molecule has 0 heterocycles. The maximum Gasteiger partial charge on any atom is 0.515 e. The minimum absolute atomic E-state index is 0.0168. The predicted molar refractivity (Wildman–Crippen MR) is 72.0 cm³/mol. The SMILES string of the molecule is O=C(OCO)Oc1ccccc1C(=O)Oc1ccccc1. The zero-order valence-corrected chi connectivity index (χ0v) is 10.9. The van der Waals surface area contributed by atoms with Crippen LogP contribution >= 0.6 is 0 Å². The van der Waals surface area contributed by atoms with E-state index in [4.69, 9.17) is 14.6 Å². The molecule has 0 radical (unpaired) electrons. The van der Waals surface area contributed by atoms with Gasteiger partial charge in [-0.05, 0) is 24.3 Å². The molecule has 0 aliphatic heterocycles. The lowest BCUT2D eigenvalue weighted by atomic mass is 10.2. The lowest BCUT2D eigenvalue weighted by molar-refractivity contribution is 0.0183. The Morgan fingerprint density at radius 3 is 2.29 bits per heavy atom. The van der Waals surface area contributed by atoms with Gasteiger partial charge in [-0.3, -0.25) is 0 Å². The van der Waals surface area contributed by atoms with Crippen LogP contribution in [0.2, 0.25) is 0 Å². The molecule has 2 rings (SSSR count). The van der Waals surface area contributed by atoms with Gasteiger partial charge in [0.1, 0.15) is 17.1 Å². The molecule has 0 amide bonds. The Kier molecular flexibility index (Phi) is 4.89. The molecule has 0 aliphatic rings. The third-order valence-electron chi connectivity index (χ3n) is 2.44. The van der Waals surface area contributed by atoms with Gasteiger partial charge in [-0.2, -0.15) is 0 Å². The monoisotopic (exact) mass is 288 g/mol. The van der Waals surface area contributed by atoms with E-state index < -0.39 is 18.9 Å². The molecule has 0 fully saturated rings. The van der Waals surface area contributed by atoms with E-state index in [1.165, 1.54) is 12.1 Å². The van der Waals surface area contributed by atoms with Crippen molar-refractivity contribution in [3.8, 4) is 11.5 Å². The predicted octanol–water partition coefficient (Wildman–Crippen LogP) is 2.37. The molecular weight excluding hydrogens is 276 g/mol. The molecule has 0 bridgehead atoms. The summed E-state index contributed by atoms with van der Waals surface area (Å²) < 4.78 is 14.2. The number of carbonyl (C=O) groups excluding carboxylic acids is 2. The van der Waals surface area contributed by atoms with E-state index >= 15 is 0 Å². The van der Waals surface area contributed by atoms with Crippen LogP contribution in [0.1, 0.15) is 10.4 Å². The van der Waals surface area contributed by atoms with Gasteiger partial charge in [-0.1, -0.05) is 30.3 Å². The lowest BCUT2D eigenvalue weighted by Crippen LogP contribution is -2.15. The van der Waals surface area contributed by atoms with E-state index in [0.717, 1.165) is 0 Å². The molecule has 0 unspecified atom stereocenters. The van der Waals surface area contributed by atoms with Crippen LogP contribution in [0.25, 0.3) is 0 Å². The van der Waals surface area contributed by atoms with E-state index in [0.29, 0.717) is 5.75 Å². The smallest absolute Gasteiger partial charge is 0.423 e. The Morgan fingerprint density at radius 2 is 1.57 bits per heavy atom. The Labute approximate surface area is 120 Å². The summed E-state index contributed by atoms with van der Waals surface area (Å²) in [5, 5.41) is 8.47. The molecule has 6 nitrogen and oxygen atoms in total. The number of hydrogen-bond acceptors (Lipinski definition) is 6. The first-order valence-electron chi connectivity index (χ1n) is 6.02. The van der Waals surface area contributed by atoms with Crippen molar-refractivity contribution in [1.29, 1.82) is 0 Å². The van der Waals surface area contributed by atoms with E-state index in [9.17, 15) is 9.59 Å². The van der Waals surface area contributed by atoms with Crippen molar-refractivity contribution in [2.45, 2.75) is 0 Å². The highest BCUT2D eigenvalue weighted by atomic mass is 16.8. The van der Waals surface area contributed by atoms with Crippen LogP contribution in [0, 0.1) is 0 Å². The molecule has 2 aromatic carbocycles. The Hall–Kier alpha value is -2.86. The number of aliphatic hydroxyl groups is 1. The molecule has 0 aromatic heterocycles. The number of esters is 1.